The molecule has 3 N–H and O–H groups in total. The Balaban J connectivity index is 1.40. The predicted octanol–water partition coefficient (Wildman–Crippen LogP) is 3.95. The summed E-state index contributed by atoms with van der Waals surface area (Å²) >= 11 is 0. The molecule has 0 bridgehead atoms. The lowest BCUT2D eigenvalue weighted by Crippen LogP contribution is -2.53. The number of nitrogens with one attached hydrogen (secondary N) is 3. The standard InChI is InChI=1S/C30H26N4O3/c1-16-12-13-21-26(17(16)2)32-29(37)30(21)25-24(27(35)34(28(25)36)19-8-4-3-5-9-19)23(33-30)14-18-15-31-22-11-7-6-10-20(18)22/h3-13,15,23-25,31,33H,14H2,1-2H3,(H,32,37)/t23-,24-,25+,30+/m1/s1. The second-order valence-corrected chi connectivity index (χ2v) is 10.4. The summed E-state index contributed by atoms with van der Waals surface area (Å²) in [6, 6.07) is 20.5. The SMILES string of the molecule is Cc1ccc2c(c1C)NC(=O)[C@]21N[C@H](Cc2c[nH]c3ccccc23)[C@H]2C(=O)N(c3ccccc3)C(=O)[C@H]21. The van der Waals surface area contributed by atoms with Crippen LogP contribution in [-0.2, 0) is 26.3 Å². The first-order valence-corrected chi connectivity index (χ1v) is 12.6. The van der Waals surface area contributed by atoms with E-state index < -0.39 is 23.4 Å². The highest BCUT2D eigenvalue weighted by molar-refractivity contribution is 6.26. The molecule has 1 aromatic heterocycles. The third-order valence-electron chi connectivity index (χ3n) is 8.55. The van der Waals surface area contributed by atoms with Crippen molar-refractivity contribution >= 4 is 40.0 Å². The fourth-order valence-corrected chi connectivity index (χ4v) is 6.66. The van der Waals surface area contributed by atoms with Gasteiger partial charge in [-0.1, -0.05) is 48.5 Å². The van der Waals surface area contributed by atoms with Crippen LogP contribution >= 0.6 is 0 Å². The van der Waals surface area contributed by atoms with Crippen molar-refractivity contribution in [3.8, 4) is 0 Å². The van der Waals surface area contributed by atoms with Crippen molar-refractivity contribution in [3.05, 3.63) is 95.2 Å². The lowest BCUT2D eigenvalue weighted by molar-refractivity contribution is -0.130. The Labute approximate surface area is 213 Å². The monoisotopic (exact) mass is 490 g/mol. The lowest BCUT2D eigenvalue weighted by atomic mass is 9.75. The summed E-state index contributed by atoms with van der Waals surface area (Å²) < 4.78 is 0. The number of para-hydroxylation sites is 2. The number of aromatic nitrogens is 1. The van der Waals surface area contributed by atoms with Crippen LogP contribution in [0.1, 0.15) is 22.3 Å². The average molecular weight is 491 g/mol. The number of rotatable bonds is 3. The van der Waals surface area contributed by atoms with E-state index in [0.717, 1.165) is 38.8 Å². The Hall–Kier alpha value is -4.23. The maximum Gasteiger partial charge on any atom is 0.250 e. The second kappa shape index (κ2) is 7.63. The van der Waals surface area contributed by atoms with E-state index in [4.69, 9.17) is 0 Å². The average Bonchev–Trinajstić information content (AvgIpc) is 3.61. The largest absolute Gasteiger partial charge is 0.361 e. The van der Waals surface area contributed by atoms with Crippen molar-refractivity contribution in [1.29, 1.82) is 0 Å². The predicted molar refractivity (Wildman–Crippen MR) is 141 cm³/mol. The van der Waals surface area contributed by atoms with Crippen molar-refractivity contribution in [2.75, 3.05) is 10.2 Å². The summed E-state index contributed by atoms with van der Waals surface area (Å²) in [4.78, 5) is 46.6. The van der Waals surface area contributed by atoms with E-state index in [9.17, 15) is 14.4 Å². The fraction of sp³-hybridized carbons (Fsp3) is 0.233. The molecule has 4 atom stereocenters. The van der Waals surface area contributed by atoms with E-state index in [0.29, 0.717) is 12.1 Å². The third-order valence-corrected chi connectivity index (χ3v) is 8.55. The van der Waals surface area contributed by atoms with Crippen molar-refractivity contribution in [2.24, 2.45) is 11.8 Å². The number of fused-ring (bicyclic) bond motifs is 5. The van der Waals surface area contributed by atoms with Gasteiger partial charge in [0.25, 0.3) is 0 Å². The maximum absolute atomic E-state index is 14.1. The summed E-state index contributed by atoms with van der Waals surface area (Å²) in [7, 11) is 0. The number of aryl methyl sites for hydroxylation is 1. The number of anilines is 2. The van der Waals surface area contributed by atoms with Gasteiger partial charge >= 0.3 is 0 Å². The smallest absolute Gasteiger partial charge is 0.250 e. The molecule has 1 spiro atoms. The zero-order valence-electron chi connectivity index (χ0n) is 20.5. The zero-order chi connectivity index (χ0) is 25.5. The molecule has 7 nitrogen and oxygen atoms in total. The third kappa shape index (κ3) is 2.83. The summed E-state index contributed by atoms with van der Waals surface area (Å²) in [5, 5.41) is 7.69. The minimum absolute atomic E-state index is 0.263. The van der Waals surface area contributed by atoms with Crippen molar-refractivity contribution in [2.45, 2.75) is 31.8 Å². The Morgan fingerprint density at radius 1 is 0.892 bits per heavy atom. The Morgan fingerprint density at radius 2 is 1.65 bits per heavy atom. The van der Waals surface area contributed by atoms with Crippen molar-refractivity contribution < 1.29 is 14.4 Å². The van der Waals surface area contributed by atoms with Gasteiger partial charge in [-0.2, -0.15) is 0 Å². The molecule has 0 unspecified atom stereocenters. The number of hydrogen-bond donors (Lipinski definition) is 3. The van der Waals surface area contributed by atoms with Gasteiger partial charge in [-0.05, 0) is 55.2 Å². The van der Waals surface area contributed by atoms with Crippen LogP contribution in [0.5, 0.6) is 0 Å². The van der Waals surface area contributed by atoms with E-state index in [1.165, 1.54) is 4.90 Å². The number of imide groups is 1. The van der Waals surface area contributed by atoms with Gasteiger partial charge in [0.1, 0.15) is 5.54 Å². The fourth-order valence-electron chi connectivity index (χ4n) is 6.66. The summed E-state index contributed by atoms with van der Waals surface area (Å²) in [5.74, 6) is -2.40. The van der Waals surface area contributed by atoms with Crippen LogP contribution in [0.3, 0.4) is 0 Å². The number of carbonyl (C=O) groups excluding carboxylic acids is 3. The Kier molecular flexibility index (Phi) is 4.54. The quantitative estimate of drug-likeness (QED) is 0.379. The number of aromatic amines is 1. The van der Waals surface area contributed by atoms with Gasteiger partial charge in [-0.3, -0.25) is 19.7 Å². The van der Waals surface area contributed by atoms with Gasteiger partial charge in [0.15, 0.2) is 0 Å². The molecular formula is C30H26N4O3. The van der Waals surface area contributed by atoms with Crippen LogP contribution in [0.15, 0.2) is 72.9 Å². The minimum Gasteiger partial charge on any atom is -0.361 e. The molecule has 3 amide bonds. The van der Waals surface area contributed by atoms with Gasteiger partial charge < -0.3 is 10.3 Å². The first-order valence-electron chi connectivity index (χ1n) is 12.6. The van der Waals surface area contributed by atoms with Gasteiger partial charge in [0, 0.05) is 34.4 Å². The molecule has 0 saturated carbocycles. The number of nitrogens with zero attached hydrogens (tertiary/aromatic N) is 1. The Morgan fingerprint density at radius 3 is 2.46 bits per heavy atom. The number of carbonyl (C=O) groups is 3. The first kappa shape index (κ1) is 22.0. The summed E-state index contributed by atoms with van der Waals surface area (Å²) in [6.07, 6.45) is 2.46. The normalized spacial score (nSPS) is 26.3. The van der Waals surface area contributed by atoms with Crippen LogP contribution in [0, 0.1) is 25.7 Å². The highest BCUT2D eigenvalue weighted by Crippen LogP contribution is 2.54. The number of H-pyrrole nitrogens is 1. The number of amides is 3. The molecule has 3 aliphatic rings. The number of hydrogen-bond acceptors (Lipinski definition) is 4. The van der Waals surface area contributed by atoms with Crippen LogP contribution in [0.4, 0.5) is 11.4 Å². The Bertz CT molecular complexity index is 1620. The minimum atomic E-state index is -1.31. The molecule has 4 aromatic rings. The van der Waals surface area contributed by atoms with E-state index in [2.05, 4.69) is 15.6 Å². The van der Waals surface area contributed by atoms with Gasteiger partial charge in [0.05, 0.1) is 17.5 Å². The highest BCUT2D eigenvalue weighted by atomic mass is 16.2. The van der Waals surface area contributed by atoms with Crippen LogP contribution in [0.25, 0.3) is 10.9 Å². The molecule has 7 heteroatoms. The van der Waals surface area contributed by atoms with Crippen LogP contribution in [-0.4, -0.2) is 28.7 Å². The van der Waals surface area contributed by atoms with Crippen molar-refractivity contribution in [1.82, 2.24) is 10.3 Å². The zero-order valence-corrected chi connectivity index (χ0v) is 20.5. The molecule has 3 aromatic carbocycles. The molecule has 0 aliphatic carbocycles. The molecule has 4 heterocycles. The van der Waals surface area contributed by atoms with Gasteiger partial charge in [0.2, 0.25) is 17.7 Å². The molecular weight excluding hydrogens is 464 g/mol. The van der Waals surface area contributed by atoms with E-state index in [-0.39, 0.29) is 17.7 Å². The summed E-state index contributed by atoms with van der Waals surface area (Å²) in [6.45, 7) is 3.97. The van der Waals surface area contributed by atoms with Crippen molar-refractivity contribution in [3.63, 3.8) is 0 Å². The van der Waals surface area contributed by atoms with Crippen LogP contribution < -0.4 is 15.5 Å². The molecule has 2 saturated heterocycles. The maximum atomic E-state index is 14.1. The van der Waals surface area contributed by atoms with E-state index >= 15 is 0 Å². The van der Waals surface area contributed by atoms with Crippen LogP contribution in [0.2, 0.25) is 0 Å². The topological polar surface area (TPSA) is 94.3 Å². The van der Waals surface area contributed by atoms with E-state index in [1.54, 1.807) is 12.1 Å². The molecule has 7 rings (SSSR count). The van der Waals surface area contributed by atoms with Gasteiger partial charge in [-0.15, -0.1) is 0 Å². The molecule has 37 heavy (non-hydrogen) atoms. The second-order valence-electron chi connectivity index (χ2n) is 10.4. The first-order chi connectivity index (χ1) is 17.9. The molecule has 3 aliphatic heterocycles. The van der Waals surface area contributed by atoms with Gasteiger partial charge in [-0.25, -0.2) is 4.90 Å². The summed E-state index contributed by atoms with van der Waals surface area (Å²) in [5.41, 5.74) is 4.78. The molecule has 2 fully saturated rings. The highest BCUT2D eigenvalue weighted by Gasteiger charge is 2.70. The molecule has 184 valence electrons. The molecule has 0 radical (unpaired) electrons. The van der Waals surface area contributed by atoms with E-state index in [1.807, 2.05) is 74.6 Å². The lowest BCUT2D eigenvalue weighted by Gasteiger charge is -2.29. The number of benzene rings is 3.